The lowest BCUT2D eigenvalue weighted by atomic mass is 10.1. The van der Waals surface area contributed by atoms with E-state index in [1.165, 1.54) is 14.2 Å². The number of pyridine rings is 1. The van der Waals surface area contributed by atoms with Crippen LogP contribution in [0.1, 0.15) is 35.9 Å². The third-order valence-electron chi connectivity index (χ3n) is 6.38. The maximum Gasteiger partial charge on any atom is 0.243 e. The predicted octanol–water partition coefficient (Wildman–Crippen LogP) is 3.42. The van der Waals surface area contributed by atoms with Crippen LogP contribution in [0.5, 0.6) is 11.5 Å². The molecule has 12 nitrogen and oxygen atoms in total. The third-order valence-corrected chi connectivity index (χ3v) is 8.12. The van der Waals surface area contributed by atoms with E-state index in [9.17, 15) is 8.42 Å². The standard InChI is InChI=1S/C26H29N7O5S/c1-16-11-18(15-27-12-16)25-30-31-26(33(25)22-19(36-3)7-5-8-20(22)37-4)32-39(34,35)21-9-6-10-38-23(21)24-28-13-17(2)14-29-24/h5,7-8,11-15,21,23H,6,9-10H2,1-4H3,(H,31,32)/t21-,23+/m1/s1. The smallest absolute Gasteiger partial charge is 0.243 e. The van der Waals surface area contributed by atoms with Gasteiger partial charge in [0, 0.05) is 37.0 Å². The van der Waals surface area contributed by atoms with Gasteiger partial charge in [0.05, 0.1) is 14.2 Å². The van der Waals surface area contributed by atoms with Gasteiger partial charge in [0.15, 0.2) is 11.6 Å². The fraction of sp³-hybridized carbons (Fsp3) is 0.346. The van der Waals surface area contributed by atoms with E-state index in [-0.39, 0.29) is 5.95 Å². The zero-order chi connectivity index (χ0) is 27.6. The molecule has 0 bridgehead atoms. The zero-order valence-electron chi connectivity index (χ0n) is 22.0. The summed E-state index contributed by atoms with van der Waals surface area (Å²) in [4.78, 5) is 12.9. The lowest BCUT2D eigenvalue weighted by molar-refractivity contribution is 0.0126. The Hall–Kier alpha value is -4.10. The van der Waals surface area contributed by atoms with Crippen molar-refractivity contribution in [3.05, 3.63) is 66.0 Å². The molecule has 1 aliphatic heterocycles. The zero-order valence-corrected chi connectivity index (χ0v) is 22.8. The second-order valence-corrected chi connectivity index (χ2v) is 11.1. The van der Waals surface area contributed by atoms with E-state index in [4.69, 9.17) is 14.2 Å². The summed E-state index contributed by atoms with van der Waals surface area (Å²) in [6, 6.07) is 7.14. The van der Waals surface area contributed by atoms with E-state index >= 15 is 0 Å². The van der Waals surface area contributed by atoms with E-state index in [0.29, 0.717) is 53.8 Å². The van der Waals surface area contributed by atoms with Gasteiger partial charge in [-0.3, -0.25) is 14.3 Å². The highest BCUT2D eigenvalue weighted by molar-refractivity contribution is 7.93. The second-order valence-electron chi connectivity index (χ2n) is 9.18. The van der Waals surface area contributed by atoms with E-state index in [1.807, 2.05) is 19.9 Å². The summed E-state index contributed by atoms with van der Waals surface area (Å²) in [5, 5.41) is 7.64. The largest absolute Gasteiger partial charge is 0.494 e. The Balaban J connectivity index is 1.62. The number of sulfonamides is 1. The number of nitrogens with zero attached hydrogens (tertiary/aromatic N) is 6. The van der Waals surface area contributed by atoms with Crippen LogP contribution in [0.2, 0.25) is 0 Å². The molecule has 0 amide bonds. The van der Waals surface area contributed by atoms with Crippen LogP contribution in [-0.2, 0) is 14.8 Å². The maximum absolute atomic E-state index is 13.9. The molecule has 13 heteroatoms. The number of ether oxygens (including phenoxy) is 3. The van der Waals surface area contributed by atoms with Gasteiger partial charge in [0.1, 0.15) is 28.5 Å². The van der Waals surface area contributed by atoms with Crippen molar-refractivity contribution in [2.75, 3.05) is 25.5 Å². The maximum atomic E-state index is 13.9. The molecular formula is C26H29N7O5S. The van der Waals surface area contributed by atoms with Crippen LogP contribution in [0.3, 0.4) is 0 Å². The first-order valence-electron chi connectivity index (χ1n) is 12.3. The molecule has 1 N–H and O–H groups in total. The molecule has 1 saturated heterocycles. The summed E-state index contributed by atoms with van der Waals surface area (Å²) in [6.45, 7) is 4.18. The van der Waals surface area contributed by atoms with Crippen molar-refractivity contribution in [1.29, 1.82) is 0 Å². The van der Waals surface area contributed by atoms with Gasteiger partial charge in [-0.1, -0.05) is 6.07 Å². The summed E-state index contributed by atoms with van der Waals surface area (Å²) < 4.78 is 49.2. The average Bonchev–Trinajstić information content (AvgIpc) is 3.35. The van der Waals surface area contributed by atoms with Crippen molar-refractivity contribution in [3.63, 3.8) is 0 Å². The monoisotopic (exact) mass is 551 g/mol. The van der Waals surface area contributed by atoms with Crippen LogP contribution in [-0.4, -0.2) is 64.2 Å². The van der Waals surface area contributed by atoms with Gasteiger partial charge >= 0.3 is 0 Å². The topological polar surface area (TPSA) is 143 Å². The van der Waals surface area contributed by atoms with Crippen LogP contribution in [0.15, 0.2) is 49.1 Å². The van der Waals surface area contributed by atoms with Gasteiger partial charge in [0.25, 0.3) is 0 Å². The normalized spacial score (nSPS) is 17.5. The number of nitrogens with one attached hydrogen (secondary N) is 1. The molecule has 5 rings (SSSR count). The van der Waals surface area contributed by atoms with E-state index < -0.39 is 21.4 Å². The highest BCUT2D eigenvalue weighted by Gasteiger charge is 2.40. The number of rotatable bonds is 8. The number of hydrogen-bond acceptors (Lipinski definition) is 10. The van der Waals surface area contributed by atoms with Crippen LogP contribution < -0.4 is 14.2 Å². The quantitative estimate of drug-likeness (QED) is 0.346. The molecule has 1 aliphatic rings. The number of anilines is 1. The first-order valence-corrected chi connectivity index (χ1v) is 13.9. The lowest BCUT2D eigenvalue weighted by Gasteiger charge is -2.30. The van der Waals surface area contributed by atoms with Crippen molar-refractivity contribution in [1.82, 2.24) is 29.7 Å². The summed E-state index contributed by atoms with van der Waals surface area (Å²) in [5.41, 5.74) is 2.83. The highest BCUT2D eigenvalue weighted by atomic mass is 32.2. The molecule has 0 radical (unpaired) electrons. The first kappa shape index (κ1) is 26.5. The molecule has 1 fully saturated rings. The minimum atomic E-state index is -4.07. The van der Waals surface area contributed by atoms with E-state index in [0.717, 1.165) is 11.1 Å². The van der Waals surface area contributed by atoms with Crippen LogP contribution >= 0.6 is 0 Å². The molecule has 3 aromatic heterocycles. The molecule has 0 saturated carbocycles. The van der Waals surface area contributed by atoms with Gasteiger partial charge in [-0.2, -0.15) is 0 Å². The molecule has 0 unspecified atom stereocenters. The molecule has 0 spiro atoms. The van der Waals surface area contributed by atoms with Crippen LogP contribution in [0.4, 0.5) is 5.95 Å². The number of aryl methyl sites for hydroxylation is 2. The van der Waals surface area contributed by atoms with Crippen LogP contribution in [0.25, 0.3) is 17.1 Å². The average molecular weight is 552 g/mol. The van der Waals surface area contributed by atoms with Crippen molar-refractivity contribution < 1.29 is 22.6 Å². The fourth-order valence-electron chi connectivity index (χ4n) is 4.54. The number of aromatic nitrogens is 6. The summed E-state index contributed by atoms with van der Waals surface area (Å²) in [5.74, 6) is 1.50. The summed E-state index contributed by atoms with van der Waals surface area (Å²) >= 11 is 0. The minimum Gasteiger partial charge on any atom is -0.494 e. The van der Waals surface area contributed by atoms with Crippen molar-refractivity contribution in [3.8, 4) is 28.6 Å². The molecule has 4 heterocycles. The Kier molecular flexibility index (Phi) is 7.44. The first-order chi connectivity index (χ1) is 18.8. The summed E-state index contributed by atoms with van der Waals surface area (Å²) in [7, 11) is -1.03. The van der Waals surface area contributed by atoms with Crippen molar-refractivity contribution in [2.24, 2.45) is 0 Å². The fourth-order valence-corrected chi connectivity index (χ4v) is 6.08. The molecular weight excluding hydrogens is 522 g/mol. The Morgan fingerprint density at radius 2 is 1.72 bits per heavy atom. The number of benzene rings is 1. The lowest BCUT2D eigenvalue weighted by Crippen LogP contribution is -2.39. The minimum absolute atomic E-state index is 0.0385. The number of hydrogen-bond donors (Lipinski definition) is 1. The molecule has 204 valence electrons. The molecule has 1 aromatic carbocycles. The molecule has 2 atom stereocenters. The molecule has 0 aliphatic carbocycles. The SMILES string of the molecule is COc1cccc(OC)c1-n1c(NS(=O)(=O)[C@@H]2CCCO[C@@H]2c2ncc(C)cn2)nnc1-c1cncc(C)c1. The molecule has 39 heavy (non-hydrogen) atoms. The number of methoxy groups -OCH3 is 2. The second kappa shape index (κ2) is 10.9. The molecule has 4 aromatic rings. The van der Waals surface area contributed by atoms with Crippen LogP contribution in [0, 0.1) is 13.8 Å². The van der Waals surface area contributed by atoms with Crippen molar-refractivity contribution in [2.45, 2.75) is 38.0 Å². The van der Waals surface area contributed by atoms with Gasteiger partial charge < -0.3 is 14.2 Å². The van der Waals surface area contributed by atoms with Gasteiger partial charge in [-0.05, 0) is 56.0 Å². The van der Waals surface area contributed by atoms with Gasteiger partial charge in [-0.15, -0.1) is 10.2 Å². The third kappa shape index (κ3) is 5.27. The predicted molar refractivity (Wildman–Crippen MR) is 143 cm³/mol. The van der Waals surface area contributed by atoms with Gasteiger partial charge in [0.2, 0.25) is 16.0 Å². The van der Waals surface area contributed by atoms with E-state index in [2.05, 4.69) is 29.9 Å². The highest BCUT2D eigenvalue weighted by Crippen LogP contribution is 2.39. The van der Waals surface area contributed by atoms with Gasteiger partial charge in [-0.25, -0.2) is 18.4 Å². The Bertz CT molecular complexity index is 1550. The van der Waals surface area contributed by atoms with E-state index in [1.54, 1.807) is 47.6 Å². The Morgan fingerprint density at radius 3 is 2.38 bits per heavy atom. The summed E-state index contributed by atoms with van der Waals surface area (Å²) in [6.07, 6.45) is 6.73. The number of para-hydroxylation sites is 1. The Morgan fingerprint density at radius 1 is 1.00 bits per heavy atom. The van der Waals surface area contributed by atoms with Crippen molar-refractivity contribution >= 4 is 16.0 Å². The Labute approximate surface area is 226 Å².